The van der Waals surface area contributed by atoms with Crippen LogP contribution in [0.2, 0.25) is 0 Å². The van der Waals surface area contributed by atoms with Gasteiger partial charge in [0.1, 0.15) is 5.69 Å². The van der Waals surface area contributed by atoms with Gasteiger partial charge < -0.3 is 10.2 Å². The molecule has 0 saturated carbocycles. The number of hydrogen-bond acceptors (Lipinski definition) is 3. The molecule has 2 aromatic rings. The minimum Gasteiger partial charge on any atom is -0.333 e. The molecule has 2 heterocycles. The number of hydrogen-bond donors (Lipinski definition) is 1. The van der Waals surface area contributed by atoms with Crippen molar-refractivity contribution in [1.82, 2.24) is 15.2 Å². The molecule has 4 heteroatoms. The van der Waals surface area contributed by atoms with Gasteiger partial charge in [-0.3, -0.25) is 9.78 Å². The standard InChI is InChI=1S/C17H21N3O/c1-2-20(14-7-5-10-18-12-14)17(21)16-15-8-4-3-6-13(15)9-11-19-16/h3-4,6,8-9,11,14,18H,2,5,7,10,12H2,1H3. The highest BCUT2D eigenvalue weighted by Gasteiger charge is 2.26. The molecular weight excluding hydrogens is 262 g/mol. The van der Waals surface area contributed by atoms with Crippen LogP contribution in [0.5, 0.6) is 0 Å². The number of pyridine rings is 1. The molecule has 1 atom stereocenters. The first-order valence-corrected chi connectivity index (χ1v) is 7.66. The second kappa shape index (κ2) is 6.22. The Labute approximate surface area is 125 Å². The zero-order valence-electron chi connectivity index (χ0n) is 12.4. The maximum absolute atomic E-state index is 12.9. The SMILES string of the molecule is CCN(C(=O)c1nccc2ccccc12)C1CCCNC1. The van der Waals surface area contributed by atoms with Gasteiger partial charge in [-0.1, -0.05) is 24.3 Å². The lowest BCUT2D eigenvalue weighted by Crippen LogP contribution is -2.48. The van der Waals surface area contributed by atoms with E-state index in [-0.39, 0.29) is 11.9 Å². The largest absolute Gasteiger partial charge is 0.333 e. The second-order valence-electron chi connectivity index (χ2n) is 5.47. The first-order chi connectivity index (χ1) is 10.3. The number of aromatic nitrogens is 1. The summed E-state index contributed by atoms with van der Waals surface area (Å²) >= 11 is 0. The van der Waals surface area contributed by atoms with E-state index < -0.39 is 0 Å². The first kappa shape index (κ1) is 14.0. The van der Waals surface area contributed by atoms with Crippen molar-refractivity contribution in [1.29, 1.82) is 0 Å². The summed E-state index contributed by atoms with van der Waals surface area (Å²) in [5.74, 6) is 0.0444. The molecule has 1 fully saturated rings. The van der Waals surface area contributed by atoms with Gasteiger partial charge >= 0.3 is 0 Å². The Morgan fingerprint density at radius 2 is 2.24 bits per heavy atom. The van der Waals surface area contributed by atoms with Crippen LogP contribution in [-0.2, 0) is 0 Å². The van der Waals surface area contributed by atoms with Crippen molar-refractivity contribution in [2.75, 3.05) is 19.6 Å². The Hall–Kier alpha value is -1.94. The van der Waals surface area contributed by atoms with Crippen LogP contribution < -0.4 is 5.32 Å². The summed E-state index contributed by atoms with van der Waals surface area (Å²) in [4.78, 5) is 19.2. The fourth-order valence-electron chi connectivity index (χ4n) is 3.09. The Bertz CT molecular complexity index is 629. The number of carbonyl (C=O) groups excluding carboxylic acids is 1. The Kier molecular flexibility index (Phi) is 4.15. The van der Waals surface area contributed by atoms with Crippen molar-refractivity contribution in [3.05, 3.63) is 42.2 Å². The minimum atomic E-state index is 0.0444. The number of fused-ring (bicyclic) bond motifs is 1. The molecule has 0 aliphatic carbocycles. The van der Waals surface area contributed by atoms with E-state index in [9.17, 15) is 4.79 Å². The van der Waals surface area contributed by atoms with Crippen molar-refractivity contribution in [2.45, 2.75) is 25.8 Å². The molecule has 1 aliphatic rings. The summed E-state index contributed by atoms with van der Waals surface area (Å²) in [7, 11) is 0. The number of amides is 1. The van der Waals surface area contributed by atoms with Crippen LogP contribution in [0.1, 0.15) is 30.3 Å². The predicted octanol–water partition coefficient (Wildman–Crippen LogP) is 2.45. The molecule has 1 aromatic carbocycles. The quantitative estimate of drug-likeness (QED) is 0.941. The number of nitrogens with zero attached hydrogens (tertiary/aromatic N) is 2. The van der Waals surface area contributed by atoms with E-state index in [0.717, 1.165) is 43.2 Å². The fourth-order valence-corrected chi connectivity index (χ4v) is 3.09. The molecule has 1 aromatic heterocycles. The van der Waals surface area contributed by atoms with E-state index in [4.69, 9.17) is 0 Å². The van der Waals surface area contributed by atoms with Crippen molar-refractivity contribution >= 4 is 16.7 Å². The summed E-state index contributed by atoms with van der Waals surface area (Å²) in [5.41, 5.74) is 0.570. The molecule has 4 nitrogen and oxygen atoms in total. The highest BCUT2D eigenvalue weighted by molar-refractivity contribution is 6.05. The molecule has 0 spiro atoms. The van der Waals surface area contributed by atoms with Gasteiger partial charge in [-0.2, -0.15) is 0 Å². The van der Waals surface area contributed by atoms with Gasteiger partial charge in [0.15, 0.2) is 0 Å². The number of piperidine rings is 1. The molecule has 110 valence electrons. The third-order valence-electron chi connectivity index (χ3n) is 4.19. The first-order valence-electron chi connectivity index (χ1n) is 7.66. The van der Waals surface area contributed by atoms with Crippen LogP contribution in [0.25, 0.3) is 10.8 Å². The summed E-state index contributed by atoms with van der Waals surface area (Å²) in [6.07, 6.45) is 3.91. The lowest BCUT2D eigenvalue weighted by Gasteiger charge is -2.34. The van der Waals surface area contributed by atoms with Crippen molar-refractivity contribution < 1.29 is 4.79 Å². The Morgan fingerprint density at radius 1 is 1.38 bits per heavy atom. The van der Waals surface area contributed by atoms with Gasteiger partial charge in [0.25, 0.3) is 5.91 Å². The van der Waals surface area contributed by atoms with Crippen LogP contribution in [0.3, 0.4) is 0 Å². The van der Waals surface area contributed by atoms with E-state index in [1.807, 2.05) is 42.2 Å². The number of carbonyl (C=O) groups is 1. The van der Waals surface area contributed by atoms with Crippen molar-refractivity contribution in [3.63, 3.8) is 0 Å². The minimum absolute atomic E-state index is 0.0444. The van der Waals surface area contributed by atoms with E-state index in [2.05, 4.69) is 10.3 Å². The number of likely N-dealkylation sites (N-methyl/N-ethyl adjacent to an activating group) is 1. The lowest BCUT2D eigenvalue weighted by molar-refractivity contribution is 0.0658. The fraction of sp³-hybridized carbons (Fsp3) is 0.412. The number of nitrogens with one attached hydrogen (secondary N) is 1. The van der Waals surface area contributed by atoms with Crippen LogP contribution >= 0.6 is 0 Å². The molecule has 3 rings (SSSR count). The van der Waals surface area contributed by atoms with E-state index in [1.165, 1.54) is 0 Å². The summed E-state index contributed by atoms with van der Waals surface area (Å²) in [6.45, 7) is 4.69. The summed E-state index contributed by atoms with van der Waals surface area (Å²) < 4.78 is 0. The zero-order chi connectivity index (χ0) is 14.7. The Morgan fingerprint density at radius 3 is 3.00 bits per heavy atom. The lowest BCUT2D eigenvalue weighted by atomic mass is 10.0. The van der Waals surface area contributed by atoms with Gasteiger partial charge in [0.2, 0.25) is 0 Å². The van der Waals surface area contributed by atoms with Crippen LogP contribution in [0, 0.1) is 0 Å². The average Bonchev–Trinajstić information content (AvgIpc) is 2.56. The average molecular weight is 283 g/mol. The molecule has 1 saturated heterocycles. The topological polar surface area (TPSA) is 45.2 Å². The van der Waals surface area contributed by atoms with E-state index in [1.54, 1.807) is 6.20 Å². The van der Waals surface area contributed by atoms with E-state index in [0.29, 0.717) is 5.69 Å². The molecule has 1 unspecified atom stereocenters. The van der Waals surface area contributed by atoms with Gasteiger partial charge in [-0.25, -0.2) is 0 Å². The van der Waals surface area contributed by atoms with Crippen molar-refractivity contribution in [3.8, 4) is 0 Å². The molecular formula is C17H21N3O. The highest BCUT2D eigenvalue weighted by atomic mass is 16.2. The van der Waals surface area contributed by atoms with Crippen molar-refractivity contribution in [2.24, 2.45) is 0 Å². The normalized spacial score (nSPS) is 18.6. The molecule has 21 heavy (non-hydrogen) atoms. The molecule has 0 radical (unpaired) electrons. The smallest absolute Gasteiger partial charge is 0.273 e. The van der Waals surface area contributed by atoms with Gasteiger partial charge in [-0.05, 0) is 37.8 Å². The molecule has 1 N–H and O–H groups in total. The monoisotopic (exact) mass is 283 g/mol. The molecule has 0 bridgehead atoms. The third-order valence-corrected chi connectivity index (χ3v) is 4.19. The second-order valence-corrected chi connectivity index (χ2v) is 5.47. The molecule has 1 amide bonds. The van der Waals surface area contributed by atoms with Gasteiger partial charge in [0, 0.05) is 30.7 Å². The van der Waals surface area contributed by atoms with Gasteiger partial charge in [-0.15, -0.1) is 0 Å². The number of rotatable bonds is 3. The van der Waals surface area contributed by atoms with Crippen LogP contribution in [-0.4, -0.2) is 41.5 Å². The predicted molar refractivity (Wildman–Crippen MR) is 84.3 cm³/mol. The maximum atomic E-state index is 12.9. The van der Waals surface area contributed by atoms with Crippen LogP contribution in [0.15, 0.2) is 36.5 Å². The van der Waals surface area contributed by atoms with Gasteiger partial charge in [0.05, 0.1) is 0 Å². The van der Waals surface area contributed by atoms with Crippen LogP contribution in [0.4, 0.5) is 0 Å². The molecule has 1 aliphatic heterocycles. The third kappa shape index (κ3) is 2.76. The highest BCUT2D eigenvalue weighted by Crippen LogP contribution is 2.20. The maximum Gasteiger partial charge on any atom is 0.273 e. The van der Waals surface area contributed by atoms with E-state index >= 15 is 0 Å². The number of benzene rings is 1. The summed E-state index contributed by atoms with van der Waals surface area (Å²) in [5, 5.41) is 5.38. The summed E-state index contributed by atoms with van der Waals surface area (Å²) in [6, 6.07) is 10.2. The Balaban J connectivity index is 1.94. The zero-order valence-corrected chi connectivity index (χ0v) is 12.4.